The molecule has 3 aromatic rings. The number of hydrogen-bond acceptors (Lipinski definition) is 3. The molecule has 2 heterocycles. The van der Waals surface area contributed by atoms with Gasteiger partial charge in [0.15, 0.2) is 5.65 Å². The minimum Gasteiger partial charge on any atom is -0.349 e. The van der Waals surface area contributed by atoms with Gasteiger partial charge in [-0.1, -0.05) is 12.1 Å². The van der Waals surface area contributed by atoms with Crippen molar-refractivity contribution in [2.24, 2.45) is 0 Å². The normalized spacial score (nSPS) is 11.3. The van der Waals surface area contributed by atoms with Crippen molar-refractivity contribution < 1.29 is 4.79 Å². The molecule has 0 saturated heterocycles. The Labute approximate surface area is 129 Å². The van der Waals surface area contributed by atoms with E-state index in [0.29, 0.717) is 12.8 Å². The van der Waals surface area contributed by atoms with Crippen LogP contribution in [0.15, 0.2) is 24.3 Å². The summed E-state index contributed by atoms with van der Waals surface area (Å²) in [7, 11) is 3.56. The number of aryl methyl sites for hydroxylation is 2. The van der Waals surface area contributed by atoms with Crippen molar-refractivity contribution in [1.29, 1.82) is 0 Å². The van der Waals surface area contributed by atoms with Gasteiger partial charge in [-0.05, 0) is 38.0 Å². The molecule has 0 saturated carbocycles. The summed E-state index contributed by atoms with van der Waals surface area (Å²) in [6.07, 6.45) is 1.18. The number of benzene rings is 1. The van der Waals surface area contributed by atoms with Crippen LogP contribution in [0.4, 0.5) is 0 Å². The van der Waals surface area contributed by atoms with E-state index in [1.54, 1.807) is 19.0 Å². The average Bonchev–Trinajstić information content (AvgIpc) is 2.85. The van der Waals surface area contributed by atoms with Crippen LogP contribution in [0, 0.1) is 13.8 Å². The zero-order valence-electron chi connectivity index (χ0n) is 13.4. The first kappa shape index (κ1) is 14.5. The molecule has 0 unspecified atom stereocenters. The average molecular weight is 296 g/mol. The van der Waals surface area contributed by atoms with Gasteiger partial charge in [0.2, 0.25) is 5.91 Å². The lowest BCUT2D eigenvalue weighted by molar-refractivity contribution is -0.128. The molecule has 0 bridgehead atoms. The molecular formula is C17H20N4O. The highest BCUT2D eigenvalue weighted by molar-refractivity contribution is 5.92. The van der Waals surface area contributed by atoms with Crippen molar-refractivity contribution in [1.82, 2.24) is 19.5 Å². The number of aromatic nitrogens is 3. The molecule has 0 radical (unpaired) electrons. The van der Waals surface area contributed by atoms with E-state index in [-0.39, 0.29) is 5.91 Å². The van der Waals surface area contributed by atoms with Crippen molar-refractivity contribution in [2.75, 3.05) is 14.1 Å². The van der Waals surface area contributed by atoms with Crippen LogP contribution >= 0.6 is 0 Å². The Balaban J connectivity index is 2.08. The number of fused-ring (bicyclic) bond motifs is 3. The van der Waals surface area contributed by atoms with Gasteiger partial charge in [-0.15, -0.1) is 0 Å². The second kappa shape index (κ2) is 5.40. The molecule has 0 aliphatic carbocycles. The van der Waals surface area contributed by atoms with E-state index in [1.165, 1.54) is 0 Å². The molecule has 0 spiro atoms. The Kier molecular flexibility index (Phi) is 3.56. The van der Waals surface area contributed by atoms with Crippen LogP contribution in [0.2, 0.25) is 0 Å². The van der Waals surface area contributed by atoms with Crippen LogP contribution < -0.4 is 0 Å². The molecule has 0 aliphatic rings. The lowest BCUT2D eigenvalue weighted by Crippen LogP contribution is -2.22. The number of carbonyl (C=O) groups is 1. The van der Waals surface area contributed by atoms with E-state index in [2.05, 4.69) is 5.10 Å². The summed E-state index contributed by atoms with van der Waals surface area (Å²) in [6, 6.07) is 8.01. The van der Waals surface area contributed by atoms with Gasteiger partial charge in [-0.25, -0.2) is 9.50 Å². The van der Waals surface area contributed by atoms with Crippen molar-refractivity contribution in [3.63, 3.8) is 0 Å². The number of carbonyl (C=O) groups excluding carboxylic acids is 1. The highest BCUT2D eigenvalue weighted by atomic mass is 16.2. The van der Waals surface area contributed by atoms with E-state index in [9.17, 15) is 4.79 Å². The third kappa shape index (κ3) is 2.32. The van der Waals surface area contributed by atoms with Gasteiger partial charge >= 0.3 is 0 Å². The van der Waals surface area contributed by atoms with Gasteiger partial charge in [-0.2, -0.15) is 5.10 Å². The van der Waals surface area contributed by atoms with Gasteiger partial charge in [-0.3, -0.25) is 4.79 Å². The zero-order chi connectivity index (χ0) is 15.9. The zero-order valence-corrected chi connectivity index (χ0v) is 13.4. The van der Waals surface area contributed by atoms with Gasteiger partial charge < -0.3 is 4.90 Å². The minimum atomic E-state index is 0.129. The van der Waals surface area contributed by atoms with Crippen LogP contribution in [0.25, 0.3) is 16.6 Å². The molecule has 0 N–H and O–H groups in total. The van der Waals surface area contributed by atoms with E-state index in [0.717, 1.165) is 33.5 Å². The topological polar surface area (TPSA) is 50.5 Å². The lowest BCUT2D eigenvalue weighted by atomic mass is 10.1. The quantitative estimate of drug-likeness (QED) is 0.746. The van der Waals surface area contributed by atoms with Crippen molar-refractivity contribution in [2.45, 2.75) is 26.7 Å². The third-order valence-electron chi connectivity index (χ3n) is 4.11. The maximum atomic E-state index is 11.8. The van der Waals surface area contributed by atoms with Gasteiger partial charge in [0.1, 0.15) is 0 Å². The number of rotatable bonds is 3. The van der Waals surface area contributed by atoms with Crippen LogP contribution in [0.3, 0.4) is 0 Å². The second-order valence-corrected chi connectivity index (χ2v) is 5.80. The SMILES string of the molecule is Cc1nc2c3ccccc3nn2c(C)c1CCC(=O)N(C)C. The Morgan fingerprint density at radius 1 is 1.23 bits per heavy atom. The summed E-state index contributed by atoms with van der Waals surface area (Å²) in [4.78, 5) is 18.2. The third-order valence-corrected chi connectivity index (χ3v) is 4.11. The molecular weight excluding hydrogens is 276 g/mol. The number of hydrogen-bond donors (Lipinski definition) is 0. The monoisotopic (exact) mass is 296 g/mol. The summed E-state index contributed by atoms with van der Waals surface area (Å²) < 4.78 is 1.90. The lowest BCUT2D eigenvalue weighted by Gasteiger charge is -2.13. The number of amides is 1. The summed E-state index contributed by atoms with van der Waals surface area (Å²) in [5.74, 6) is 0.129. The first-order valence-corrected chi connectivity index (χ1v) is 7.42. The molecule has 22 heavy (non-hydrogen) atoms. The van der Waals surface area contributed by atoms with E-state index in [1.807, 2.05) is 42.6 Å². The van der Waals surface area contributed by atoms with E-state index >= 15 is 0 Å². The fourth-order valence-electron chi connectivity index (χ4n) is 2.79. The summed E-state index contributed by atoms with van der Waals surface area (Å²) in [5.41, 5.74) is 4.97. The molecule has 5 heteroatoms. The molecule has 2 aromatic heterocycles. The molecule has 5 nitrogen and oxygen atoms in total. The van der Waals surface area contributed by atoms with Gasteiger partial charge in [0.25, 0.3) is 0 Å². The molecule has 0 fully saturated rings. The van der Waals surface area contributed by atoms with Crippen LogP contribution in [-0.4, -0.2) is 39.5 Å². The molecule has 3 rings (SSSR count). The molecule has 1 aromatic carbocycles. The van der Waals surface area contributed by atoms with Gasteiger partial charge in [0, 0.05) is 37.3 Å². The van der Waals surface area contributed by atoms with Crippen LogP contribution in [0.5, 0.6) is 0 Å². The predicted octanol–water partition coefficient (Wildman–Crippen LogP) is 2.52. The second-order valence-electron chi connectivity index (χ2n) is 5.80. The molecule has 114 valence electrons. The Morgan fingerprint density at radius 3 is 2.68 bits per heavy atom. The highest BCUT2D eigenvalue weighted by Gasteiger charge is 2.15. The summed E-state index contributed by atoms with van der Waals surface area (Å²) in [5, 5.41) is 5.70. The van der Waals surface area contributed by atoms with Crippen LogP contribution in [0.1, 0.15) is 23.4 Å². The van der Waals surface area contributed by atoms with Crippen molar-refractivity contribution in [3.05, 3.63) is 41.2 Å². The first-order valence-electron chi connectivity index (χ1n) is 7.42. The van der Waals surface area contributed by atoms with Gasteiger partial charge in [0.05, 0.1) is 5.52 Å². The molecule has 0 aliphatic heterocycles. The Hall–Kier alpha value is -2.43. The number of nitrogens with zero attached hydrogens (tertiary/aromatic N) is 4. The Bertz CT molecular complexity index is 864. The minimum absolute atomic E-state index is 0.129. The molecule has 1 amide bonds. The van der Waals surface area contributed by atoms with E-state index < -0.39 is 0 Å². The maximum absolute atomic E-state index is 11.8. The standard InChI is InChI=1S/C17H20N4O/c1-11-13(9-10-16(22)20(3)4)12(2)21-17(18-11)14-7-5-6-8-15(14)19-21/h5-8H,9-10H2,1-4H3. The Morgan fingerprint density at radius 2 is 1.95 bits per heavy atom. The van der Waals surface area contributed by atoms with Crippen molar-refractivity contribution >= 4 is 22.5 Å². The largest absolute Gasteiger partial charge is 0.349 e. The van der Waals surface area contributed by atoms with E-state index in [4.69, 9.17) is 4.98 Å². The molecule has 0 atom stereocenters. The first-order chi connectivity index (χ1) is 10.5. The van der Waals surface area contributed by atoms with Crippen LogP contribution in [-0.2, 0) is 11.2 Å². The summed E-state index contributed by atoms with van der Waals surface area (Å²) in [6.45, 7) is 4.05. The fraction of sp³-hybridized carbons (Fsp3) is 0.353. The predicted molar refractivity (Wildman–Crippen MR) is 87.0 cm³/mol. The highest BCUT2D eigenvalue weighted by Crippen LogP contribution is 2.22. The summed E-state index contributed by atoms with van der Waals surface area (Å²) >= 11 is 0. The van der Waals surface area contributed by atoms with Crippen molar-refractivity contribution in [3.8, 4) is 0 Å². The smallest absolute Gasteiger partial charge is 0.222 e. The maximum Gasteiger partial charge on any atom is 0.222 e. The fourth-order valence-corrected chi connectivity index (χ4v) is 2.79.